The molecule has 0 bridgehead atoms. The van der Waals surface area contributed by atoms with Crippen LogP contribution in [-0.2, 0) is 0 Å². The first-order chi connectivity index (χ1) is 17.5. The van der Waals surface area contributed by atoms with E-state index >= 15 is 0 Å². The maximum absolute atomic E-state index is 13.4. The van der Waals surface area contributed by atoms with Crippen LogP contribution in [0.4, 0.5) is 0 Å². The van der Waals surface area contributed by atoms with Crippen molar-refractivity contribution in [2.24, 2.45) is 23.7 Å². The summed E-state index contributed by atoms with van der Waals surface area (Å²) in [6.45, 7) is 4.62. The third-order valence-corrected chi connectivity index (χ3v) is 8.40. The second kappa shape index (κ2) is 7.89. The number of aromatic nitrogens is 4. The lowest BCUT2D eigenvalue weighted by Crippen LogP contribution is -2.44. The number of H-pyrrole nitrogens is 1. The minimum absolute atomic E-state index is 0.0354. The smallest absolute Gasteiger partial charge is 0.276 e. The van der Waals surface area contributed by atoms with E-state index in [1.54, 1.807) is 25.1 Å². The third-order valence-electron chi connectivity index (χ3n) is 8.15. The molecule has 2 saturated heterocycles. The van der Waals surface area contributed by atoms with Crippen LogP contribution in [0, 0.1) is 30.6 Å². The van der Waals surface area contributed by atoms with Crippen LogP contribution in [0.1, 0.15) is 26.6 Å². The Balaban J connectivity index is 1.03. The van der Waals surface area contributed by atoms with Gasteiger partial charge in [-0.05, 0) is 73.1 Å². The Morgan fingerprint density at radius 3 is 2.17 bits per heavy atom. The molecule has 0 unspecified atom stereocenters. The molecule has 1 N–H and O–H groups in total. The Labute approximate surface area is 211 Å². The van der Waals surface area contributed by atoms with Crippen molar-refractivity contribution in [1.29, 1.82) is 0 Å². The fraction of sp³-hybridized carbons (Fsp3) is 0.346. The maximum atomic E-state index is 13.4. The van der Waals surface area contributed by atoms with Crippen molar-refractivity contribution in [2.75, 3.05) is 26.2 Å². The molecule has 3 fully saturated rings. The number of likely N-dealkylation sites (tertiary alicyclic amines) is 2. The molecule has 2 amide bonds. The molecule has 1 aliphatic carbocycles. The number of rotatable bonds is 3. The van der Waals surface area contributed by atoms with Gasteiger partial charge in [-0.15, -0.1) is 0 Å². The van der Waals surface area contributed by atoms with Gasteiger partial charge in [-0.25, -0.2) is 4.98 Å². The van der Waals surface area contributed by atoms with Gasteiger partial charge in [-0.1, -0.05) is 11.6 Å². The zero-order chi connectivity index (χ0) is 24.6. The van der Waals surface area contributed by atoms with E-state index in [1.165, 1.54) is 0 Å². The number of benzene rings is 2. The van der Waals surface area contributed by atoms with Crippen molar-refractivity contribution in [2.45, 2.75) is 6.92 Å². The molecule has 3 aliphatic rings. The lowest BCUT2D eigenvalue weighted by Gasteiger charge is -2.42. The molecule has 4 atom stereocenters. The molecule has 4 heterocycles. The predicted octanol–water partition coefficient (Wildman–Crippen LogP) is 3.66. The number of carbonyl (C=O) groups is 2. The monoisotopic (exact) mass is 502 g/mol. The fourth-order valence-corrected chi connectivity index (χ4v) is 6.45. The zero-order valence-electron chi connectivity index (χ0n) is 19.5. The molecule has 182 valence electrons. The summed E-state index contributed by atoms with van der Waals surface area (Å²) in [6, 6.07) is 12.6. The summed E-state index contributed by atoms with van der Waals surface area (Å²) in [5.74, 6) is 2.57. The van der Waals surface area contributed by atoms with Crippen LogP contribution >= 0.6 is 11.6 Å². The van der Waals surface area contributed by atoms with E-state index in [-0.39, 0.29) is 11.8 Å². The molecule has 1 saturated carbocycles. The largest absolute Gasteiger partial charge is 0.441 e. The Morgan fingerprint density at radius 1 is 0.889 bits per heavy atom. The molecule has 2 aromatic heterocycles. The van der Waals surface area contributed by atoms with Crippen molar-refractivity contribution in [3.05, 3.63) is 64.5 Å². The standard InChI is InChI=1S/C26H23ClN6O3/c1-13-23(28-24(36-13)14-2-5-16(27)6-3-14)26(35)33-11-19-17-9-32(10-18(17)20(19)12-33)25(34)15-4-7-21-22(8-15)30-31-29-21/h2-8,17-20H,9-12H2,1H3,(H,29,30,31)/t17-,18+,19+,20-. The third kappa shape index (κ3) is 3.26. The van der Waals surface area contributed by atoms with Gasteiger partial charge in [0.05, 0.1) is 0 Å². The zero-order valence-corrected chi connectivity index (χ0v) is 20.3. The SMILES string of the molecule is Cc1oc(-c2ccc(Cl)cc2)nc1C(=O)N1C[C@@H]2[C@H]3CN(C(=O)c4ccc5n[nH]nc5c4)C[C@H]3[C@@H]2C1. The molecular formula is C26H23ClN6O3. The van der Waals surface area contributed by atoms with Gasteiger partial charge < -0.3 is 14.2 Å². The van der Waals surface area contributed by atoms with E-state index in [1.807, 2.05) is 34.1 Å². The summed E-state index contributed by atoms with van der Waals surface area (Å²) >= 11 is 5.98. The number of amides is 2. The first kappa shape index (κ1) is 21.6. The van der Waals surface area contributed by atoms with Gasteiger partial charge >= 0.3 is 0 Å². The minimum atomic E-state index is -0.0854. The van der Waals surface area contributed by atoms with Crippen LogP contribution in [0.2, 0.25) is 5.02 Å². The molecular weight excluding hydrogens is 480 g/mol. The molecule has 0 radical (unpaired) electrons. The van der Waals surface area contributed by atoms with Crippen molar-refractivity contribution in [3.8, 4) is 11.5 Å². The van der Waals surface area contributed by atoms with Crippen LogP contribution in [0.15, 0.2) is 46.9 Å². The van der Waals surface area contributed by atoms with Crippen molar-refractivity contribution in [3.63, 3.8) is 0 Å². The number of nitrogens with zero attached hydrogens (tertiary/aromatic N) is 5. The highest BCUT2D eigenvalue weighted by atomic mass is 35.5. The number of nitrogens with one attached hydrogen (secondary N) is 1. The van der Waals surface area contributed by atoms with E-state index in [2.05, 4.69) is 20.4 Å². The first-order valence-corrected chi connectivity index (χ1v) is 12.5. The van der Waals surface area contributed by atoms with Crippen molar-refractivity contribution >= 4 is 34.4 Å². The van der Waals surface area contributed by atoms with Gasteiger partial charge in [-0.3, -0.25) is 9.59 Å². The minimum Gasteiger partial charge on any atom is -0.441 e. The average Bonchev–Trinajstić information content (AvgIpc) is 3.65. The Kier molecular flexibility index (Phi) is 4.73. The molecule has 2 aromatic carbocycles. The van der Waals surface area contributed by atoms with Gasteiger partial charge in [-0.2, -0.15) is 15.4 Å². The maximum Gasteiger partial charge on any atom is 0.276 e. The number of oxazole rings is 1. The van der Waals surface area contributed by atoms with Gasteiger partial charge in [0, 0.05) is 42.3 Å². The van der Waals surface area contributed by atoms with Crippen LogP contribution < -0.4 is 0 Å². The Bertz CT molecular complexity index is 1490. The van der Waals surface area contributed by atoms with E-state index in [0.717, 1.165) is 24.2 Å². The molecule has 36 heavy (non-hydrogen) atoms. The summed E-state index contributed by atoms with van der Waals surface area (Å²) < 4.78 is 5.81. The molecule has 10 heteroatoms. The average molecular weight is 503 g/mol. The highest BCUT2D eigenvalue weighted by molar-refractivity contribution is 6.30. The fourth-order valence-electron chi connectivity index (χ4n) is 6.32. The molecule has 2 aliphatic heterocycles. The number of carbonyl (C=O) groups excluding carboxylic acids is 2. The van der Waals surface area contributed by atoms with E-state index in [0.29, 0.717) is 70.2 Å². The second-order valence-corrected chi connectivity index (χ2v) is 10.5. The van der Waals surface area contributed by atoms with Crippen LogP contribution in [0.3, 0.4) is 0 Å². The molecule has 7 rings (SSSR count). The lowest BCUT2D eigenvalue weighted by atomic mass is 9.60. The van der Waals surface area contributed by atoms with E-state index < -0.39 is 0 Å². The van der Waals surface area contributed by atoms with E-state index in [9.17, 15) is 9.59 Å². The number of hydrogen-bond acceptors (Lipinski definition) is 6. The second-order valence-electron chi connectivity index (χ2n) is 10.0. The number of hydrogen-bond donors (Lipinski definition) is 1. The lowest BCUT2D eigenvalue weighted by molar-refractivity contribution is 0.0629. The molecule has 9 nitrogen and oxygen atoms in total. The number of halogens is 1. The van der Waals surface area contributed by atoms with Crippen LogP contribution in [0.5, 0.6) is 0 Å². The highest BCUT2D eigenvalue weighted by Gasteiger charge is 2.59. The summed E-state index contributed by atoms with van der Waals surface area (Å²) in [7, 11) is 0. The summed E-state index contributed by atoms with van der Waals surface area (Å²) in [6.07, 6.45) is 0. The molecule has 0 spiro atoms. The molecule has 4 aromatic rings. The van der Waals surface area contributed by atoms with Crippen molar-refractivity contribution in [1.82, 2.24) is 30.2 Å². The summed E-state index contributed by atoms with van der Waals surface area (Å²) in [5, 5.41) is 11.4. The first-order valence-electron chi connectivity index (χ1n) is 12.1. The van der Waals surface area contributed by atoms with Gasteiger partial charge in [0.1, 0.15) is 16.8 Å². The Hall–Kier alpha value is -3.72. The normalized spacial score (nSPS) is 24.6. The predicted molar refractivity (Wildman–Crippen MR) is 131 cm³/mol. The summed E-state index contributed by atoms with van der Waals surface area (Å²) in [4.78, 5) is 34.9. The van der Waals surface area contributed by atoms with Crippen LogP contribution in [-0.4, -0.2) is 68.2 Å². The number of aryl methyl sites for hydroxylation is 1. The van der Waals surface area contributed by atoms with Crippen LogP contribution in [0.25, 0.3) is 22.5 Å². The van der Waals surface area contributed by atoms with Gasteiger partial charge in [0.2, 0.25) is 5.89 Å². The summed E-state index contributed by atoms with van der Waals surface area (Å²) in [5.41, 5.74) is 3.22. The topological polar surface area (TPSA) is 108 Å². The van der Waals surface area contributed by atoms with Crippen molar-refractivity contribution < 1.29 is 14.0 Å². The Morgan fingerprint density at radius 2 is 1.50 bits per heavy atom. The number of aromatic amines is 1. The highest BCUT2D eigenvalue weighted by Crippen LogP contribution is 2.54. The van der Waals surface area contributed by atoms with E-state index in [4.69, 9.17) is 16.0 Å². The van der Waals surface area contributed by atoms with Gasteiger partial charge in [0.15, 0.2) is 5.69 Å². The van der Waals surface area contributed by atoms with Gasteiger partial charge in [0.25, 0.3) is 11.8 Å². The number of fused-ring (bicyclic) bond motifs is 5. The quantitative estimate of drug-likeness (QED) is 0.458.